The molecule has 5 aliphatic rings. The van der Waals surface area contributed by atoms with Gasteiger partial charge in [0.15, 0.2) is 16.8 Å². The highest BCUT2D eigenvalue weighted by molar-refractivity contribution is 6.35. The molecule has 486 valence electrons. The van der Waals surface area contributed by atoms with Crippen LogP contribution in [0, 0.1) is 0 Å². The van der Waals surface area contributed by atoms with E-state index in [1.807, 2.05) is 0 Å². The van der Waals surface area contributed by atoms with Crippen LogP contribution in [0.4, 0.5) is 28.7 Å². The summed E-state index contributed by atoms with van der Waals surface area (Å²) in [4.78, 5) is 62.1. The Balaban J connectivity index is 0.000000175. The van der Waals surface area contributed by atoms with Gasteiger partial charge in [-0.15, -0.1) is 11.6 Å². The molecule has 90 heavy (non-hydrogen) atoms. The van der Waals surface area contributed by atoms with Gasteiger partial charge < -0.3 is 56.4 Å². The number of halogens is 8. The second kappa shape index (κ2) is 40.3. The second-order valence-electron chi connectivity index (χ2n) is 22.1. The van der Waals surface area contributed by atoms with Crippen molar-refractivity contribution in [2.24, 2.45) is 0 Å². The van der Waals surface area contributed by atoms with Gasteiger partial charge in [-0.1, -0.05) is 112 Å². The number of nitrogens with zero attached hydrogens (tertiary/aromatic N) is 8. The van der Waals surface area contributed by atoms with E-state index >= 15 is 0 Å². The maximum Gasteiger partial charge on any atom is 0.255 e. The molecule has 3 amide bonds. The number of amides is 3. The molecular formula is C65H82Cl8N14O3. The summed E-state index contributed by atoms with van der Waals surface area (Å²) in [7, 11) is 0. The molecule has 8 heterocycles. The summed E-state index contributed by atoms with van der Waals surface area (Å²) >= 11 is 47.3. The Labute approximate surface area is 570 Å². The lowest BCUT2D eigenvalue weighted by Gasteiger charge is -2.29. The highest BCUT2D eigenvalue weighted by Gasteiger charge is 2.23. The molecule has 11 rings (SSSR count). The normalized spacial score (nSPS) is 16.7. The molecule has 25 heteroatoms. The number of carbonyl (C=O) groups excluding carboxylic acids is 3. The molecule has 5 fully saturated rings. The molecule has 3 aromatic heterocycles. The predicted molar refractivity (Wildman–Crippen MR) is 376 cm³/mol. The van der Waals surface area contributed by atoms with Gasteiger partial charge in [-0.3, -0.25) is 14.4 Å². The third-order valence-corrected chi connectivity index (χ3v) is 17.0. The molecule has 5 saturated heterocycles. The number of carbonyl (C=O) groups is 3. The maximum atomic E-state index is 12.8. The second-order valence-corrected chi connectivity index (χ2v) is 25.4. The predicted octanol–water partition coefficient (Wildman–Crippen LogP) is 13.7. The van der Waals surface area contributed by atoms with E-state index in [-0.39, 0.29) is 22.9 Å². The topological polar surface area (TPSA) is 178 Å². The first-order valence-electron chi connectivity index (χ1n) is 30.9. The number of rotatable bonds is 13. The Morgan fingerprint density at radius 1 is 0.378 bits per heavy atom. The van der Waals surface area contributed by atoms with Crippen molar-refractivity contribution in [2.45, 2.75) is 57.8 Å². The van der Waals surface area contributed by atoms with Crippen LogP contribution >= 0.6 is 92.8 Å². The average Bonchev–Trinajstić information content (AvgIpc) is 1.87. The molecule has 0 radical (unpaired) electrons. The highest BCUT2D eigenvalue weighted by atomic mass is 35.5. The van der Waals surface area contributed by atoms with Crippen molar-refractivity contribution in [3.63, 3.8) is 0 Å². The Bertz CT molecular complexity index is 3150. The minimum Gasteiger partial charge on any atom is -0.354 e. The first-order valence-corrected chi connectivity index (χ1v) is 34.1. The molecule has 6 aromatic rings. The zero-order valence-electron chi connectivity index (χ0n) is 50.7. The fourth-order valence-corrected chi connectivity index (χ4v) is 12.0. The molecule has 0 bridgehead atoms. The smallest absolute Gasteiger partial charge is 0.255 e. The van der Waals surface area contributed by atoms with Crippen LogP contribution in [0.3, 0.4) is 0 Å². The van der Waals surface area contributed by atoms with Crippen molar-refractivity contribution < 1.29 is 14.4 Å². The molecule has 3 aromatic carbocycles. The summed E-state index contributed by atoms with van der Waals surface area (Å²) in [5.74, 6) is 1.50. The summed E-state index contributed by atoms with van der Waals surface area (Å²) < 4.78 is 0. The van der Waals surface area contributed by atoms with Crippen molar-refractivity contribution >= 4 is 139 Å². The minimum absolute atomic E-state index is 0.176. The average molecular weight is 1390 g/mol. The maximum absolute atomic E-state index is 12.8. The number of anilines is 5. The van der Waals surface area contributed by atoms with Crippen molar-refractivity contribution in [3.8, 4) is 0 Å². The van der Waals surface area contributed by atoms with E-state index in [4.69, 9.17) is 92.8 Å². The van der Waals surface area contributed by atoms with Crippen LogP contribution < -0.4 is 41.7 Å². The highest BCUT2D eigenvalue weighted by Crippen LogP contribution is 2.30. The van der Waals surface area contributed by atoms with Crippen molar-refractivity contribution in [1.82, 2.24) is 45.6 Å². The molecule has 5 aliphatic heterocycles. The van der Waals surface area contributed by atoms with Crippen LogP contribution in [0.1, 0.15) is 88.9 Å². The molecule has 0 spiro atoms. The summed E-state index contributed by atoms with van der Waals surface area (Å²) in [5, 5.41) is 21.5. The molecule has 0 unspecified atom stereocenters. The number of nitrogens with one attached hydrogen (secondary N) is 6. The lowest BCUT2D eigenvalue weighted by molar-refractivity contribution is 0.101. The van der Waals surface area contributed by atoms with E-state index < -0.39 is 0 Å². The van der Waals surface area contributed by atoms with Gasteiger partial charge in [0.25, 0.3) is 17.7 Å². The number of piperidine rings is 2. The van der Waals surface area contributed by atoms with E-state index in [2.05, 4.69) is 71.4 Å². The van der Waals surface area contributed by atoms with E-state index in [1.165, 1.54) is 96.5 Å². The third kappa shape index (κ3) is 25.9. The quantitative estimate of drug-likeness (QED) is 0.0475. The molecule has 6 N–H and O–H groups in total. The zero-order valence-corrected chi connectivity index (χ0v) is 56.8. The monoisotopic (exact) mass is 1390 g/mol. The lowest BCUT2D eigenvalue weighted by atomic mass is 10.1. The van der Waals surface area contributed by atoms with Crippen molar-refractivity contribution in [1.29, 1.82) is 0 Å². The first kappa shape index (κ1) is 72.6. The van der Waals surface area contributed by atoms with Gasteiger partial charge in [-0.2, -0.15) is 0 Å². The molecule has 0 atom stereocenters. The van der Waals surface area contributed by atoms with E-state index in [9.17, 15) is 14.4 Å². The van der Waals surface area contributed by atoms with Crippen molar-refractivity contribution in [2.75, 3.05) is 156 Å². The van der Waals surface area contributed by atoms with Crippen LogP contribution in [0.5, 0.6) is 0 Å². The number of benzene rings is 3. The van der Waals surface area contributed by atoms with Gasteiger partial charge in [0.05, 0.1) is 32.1 Å². The van der Waals surface area contributed by atoms with Crippen LogP contribution in [-0.4, -0.2) is 178 Å². The van der Waals surface area contributed by atoms with Gasteiger partial charge in [0.1, 0.15) is 0 Å². The van der Waals surface area contributed by atoms with Gasteiger partial charge in [0, 0.05) is 128 Å². The van der Waals surface area contributed by atoms with E-state index in [0.717, 1.165) is 115 Å². The Kier molecular flexibility index (Phi) is 32.6. The largest absolute Gasteiger partial charge is 0.354 e. The van der Waals surface area contributed by atoms with E-state index in [1.54, 1.807) is 97.3 Å². The van der Waals surface area contributed by atoms with Crippen LogP contribution in [0.15, 0.2) is 110 Å². The number of hydrogen-bond acceptors (Lipinski definition) is 14. The molecule has 0 saturated carbocycles. The third-order valence-electron chi connectivity index (χ3n) is 15.2. The van der Waals surface area contributed by atoms with Crippen LogP contribution in [0.2, 0.25) is 35.3 Å². The summed E-state index contributed by atoms with van der Waals surface area (Å²) in [6.07, 6.45) is 16.2. The van der Waals surface area contributed by atoms with E-state index in [0.29, 0.717) is 63.9 Å². The minimum atomic E-state index is -0.330. The Morgan fingerprint density at radius 2 is 0.778 bits per heavy atom. The standard InChI is InChI=1S/C24H31Cl2N5O.C17H18Cl2N4O.C12H7Cl3N2O.C7H14ClN.C5H12N2/c25-20-7-4-6-19(16-20)24(32)28-22-17-21(26)18-27-23(22)31-11-5-10-30(14-15-31)13-12-29-8-2-1-3-9-29;18-13-4-1-3-12(9-13)17(24)22-15-10-14(19)11-21-16(15)23-7-2-5-20-6-8-23;13-8-3-1-2-7(4-8)12(18)17-10-5-9(14)6-16-11(10)15;8-4-7-9-5-2-1-3-6-9;1-2-6-4-5-7-3-1/h4,6-7,16-18H,1-3,5,8-15H2,(H,28,32);1,3-4,9-11,20H,2,5-8H2,(H,22,24);1-6H,(H,17,18);1-7H2;6-7H,1-5H2. The number of aromatic nitrogens is 3. The molecular weight excluding hydrogens is 1310 g/mol. The van der Waals surface area contributed by atoms with Gasteiger partial charge in [-0.05, 0) is 170 Å². The summed E-state index contributed by atoms with van der Waals surface area (Å²) in [6, 6.07) is 25.3. The SMILES string of the molecule is C1CNCCNC1.ClCCN1CCCCC1.O=C(Nc1cc(Cl)cnc1Cl)c1cccc(Cl)c1.O=C(Nc1cc(Cl)cnc1N1CCCN(CCN2CCCCC2)CC1)c1cccc(Cl)c1.O=C(Nc1cc(Cl)cnc1N1CCCNCC1)c1cccc(Cl)c1. The Morgan fingerprint density at radius 3 is 1.27 bits per heavy atom. The first-order chi connectivity index (χ1) is 43.7. The van der Waals surface area contributed by atoms with Gasteiger partial charge in [0.2, 0.25) is 0 Å². The van der Waals surface area contributed by atoms with Crippen molar-refractivity contribution in [3.05, 3.63) is 162 Å². The fraction of sp³-hybridized carbons (Fsp3) is 0.446. The summed E-state index contributed by atoms with van der Waals surface area (Å²) in [5.41, 5.74) is 3.01. The van der Waals surface area contributed by atoms with Gasteiger partial charge >= 0.3 is 0 Å². The number of alkyl halides is 1. The number of likely N-dealkylation sites (tertiary alicyclic amines) is 2. The zero-order chi connectivity index (χ0) is 63.9. The van der Waals surface area contributed by atoms with Crippen LogP contribution in [-0.2, 0) is 0 Å². The lowest BCUT2D eigenvalue weighted by Crippen LogP contribution is -2.39. The molecule has 0 aliphatic carbocycles. The molecule has 17 nitrogen and oxygen atoms in total. The fourth-order valence-electron chi connectivity index (χ4n) is 10.5. The number of pyridine rings is 3. The number of hydrogen-bond donors (Lipinski definition) is 6. The Hall–Kier alpha value is -4.80. The summed E-state index contributed by atoms with van der Waals surface area (Å²) in [6.45, 7) is 20.4. The van der Waals surface area contributed by atoms with Crippen LogP contribution in [0.25, 0.3) is 0 Å². The van der Waals surface area contributed by atoms with Gasteiger partial charge in [-0.25, -0.2) is 15.0 Å².